The standard InChI is InChI=1S/C17H18IN3/c1-12(7-8-13-5-3-2-4-6-13)21-16-10-9-14(18)11-15(16)20-17(21)19/h2-6,9-12H,7-8H2,1H3,(H2,19,20). The van der Waals surface area contributed by atoms with Crippen molar-refractivity contribution in [2.75, 3.05) is 5.73 Å². The molecular formula is C17H18IN3. The van der Waals surface area contributed by atoms with Crippen LogP contribution in [-0.2, 0) is 6.42 Å². The highest BCUT2D eigenvalue weighted by Crippen LogP contribution is 2.26. The number of nitrogens with two attached hydrogens (primary N) is 1. The van der Waals surface area contributed by atoms with Crippen molar-refractivity contribution in [2.24, 2.45) is 0 Å². The second-order valence-corrected chi connectivity index (χ2v) is 6.59. The summed E-state index contributed by atoms with van der Waals surface area (Å²) in [7, 11) is 0. The highest BCUT2D eigenvalue weighted by molar-refractivity contribution is 14.1. The van der Waals surface area contributed by atoms with E-state index in [0.717, 1.165) is 23.9 Å². The molecule has 0 bridgehead atoms. The number of rotatable bonds is 4. The molecule has 2 N–H and O–H groups in total. The van der Waals surface area contributed by atoms with Crippen molar-refractivity contribution >= 4 is 39.6 Å². The van der Waals surface area contributed by atoms with Crippen LogP contribution in [0.5, 0.6) is 0 Å². The number of aryl methyl sites for hydroxylation is 1. The lowest BCUT2D eigenvalue weighted by atomic mass is 10.1. The minimum atomic E-state index is 0.329. The molecule has 1 aromatic heterocycles. The Bertz CT molecular complexity index is 749. The van der Waals surface area contributed by atoms with Gasteiger partial charge in [-0.15, -0.1) is 0 Å². The maximum absolute atomic E-state index is 6.12. The van der Waals surface area contributed by atoms with Crippen LogP contribution < -0.4 is 5.73 Å². The molecule has 0 fully saturated rings. The maximum atomic E-state index is 6.12. The number of hydrogen-bond acceptors (Lipinski definition) is 2. The van der Waals surface area contributed by atoms with Crippen molar-refractivity contribution in [3.05, 3.63) is 57.7 Å². The lowest BCUT2D eigenvalue weighted by Gasteiger charge is -2.16. The van der Waals surface area contributed by atoms with Gasteiger partial charge in [-0.05, 0) is 66.1 Å². The van der Waals surface area contributed by atoms with Crippen LogP contribution in [0.4, 0.5) is 5.95 Å². The van der Waals surface area contributed by atoms with Gasteiger partial charge in [-0.2, -0.15) is 0 Å². The average molecular weight is 391 g/mol. The number of aromatic nitrogens is 2. The number of imidazole rings is 1. The maximum Gasteiger partial charge on any atom is 0.201 e. The van der Waals surface area contributed by atoms with Crippen LogP contribution in [0.2, 0.25) is 0 Å². The van der Waals surface area contributed by atoms with Gasteiger partial charge in [0.1, 0.15) is 0 Å². The minimum Gasteiger partial charge on any atom is -0.369 e. The Hall–Kier alpha value is -1.56. The van der Waals surface area contributed by atoms with Crippen LogP contribution >= 0.6 is 22.6 Å². The van der Waals surface area contributed by atoms with Crippen molar-refractivity contribution < 1.29 is 0 Å². The van der Waals surface area contributed by atoms with Gasteiger partial charge in [0.25, 0.3) is 0 Å². The van der Waals surface area contributed by atoms with E-state index in [1.165, 1.54) is 9.13 Å². The zero-order chi connectivity index (χ0) is 14.8. The second-order valence-electron chi connectivity index (χ2n) is 5.35. The summed E-state index contributed by atoms with van der Waals surface area (Å²) in [5.74, 6) is 0.604. The van der Waals surface area contributed by atoms with Gasteiger partial charge in [0.2, 0.25) is 5.95 Å². The third-order valence-electron chi connectivity index (χ3n) is 3.81. The normalized spacial score (nSPS) is 12.7. The molecule has 0 spiro atoms. The second kappa shape index (κ2) is 6.05. The summed E-state index contributed by atoms with van der Waals surface area (Å²) in [6.07, 6.45) is 2.09. The van der Waals surface area contributed by atoms with Crippen LogP contribution in [0, 0.1) is 3.57 Å². The fraction of sp³-hybridized carbons (Fsp3) is 0.235. The first kappa shape index (κ1) is 14.4. The number of fused-ring (bicyclic) bond motifs is 1. The van der Waals surface area contributed by atoms with E-state index in [4.69, 9.17) is 5.73 Å². The van der Waals surface area contributed by atoms with Crippen LogP contribution in [0.15, 0.2) is 48.5 Å². The molecule has 1 atom stereocenters. The first-order valence-corrected chi connectivity index (χ1v) is 8.20. The molecule has 1 heterocycles. The lowest BCUT2D eigenvalue weighted by molar-refractivity contribution is 0.525. The monoisotopic (exact) mass is 391 g/mol. The summed E-state index contributed by atoms with van der Waals surface area (Å²) < 4.78 is 3.33. The number of anilines is 1. The van der Waals surface area contributed by atoms with E-state index >= 15 is 0 Å². The van der Waals surface area contributed by atoms with Crippen molar-refractivity contribution in [1.82, 2.24) is 9.55 Å². The molecule has 0 amide bonds. The van der Waals surface area contributed by atoms with Crippen molar-refractivity contribution in [1.29, 1.82) is 0 Å². The summed E-state index contributed by atoms with van der Waals surface area (Å²) >= 11 is 2.30. The lowest BCUT2D eigenvalue weighted by Crippen LogP contribution is -2.09. The molecule has 21 heavy (non-hydrogen) atoms. The van der Waals surface area contributed by atoms with Gasteiger partial charge in [-0.1, -0.05) is 30.3 Å². The van der Waals surface area contributed by atoms with Crippen molar-refractivity contribution in [2.45, 2.75) is 25.8 Å². The van der Waals surface area contributed by atoms with Gasteiger partial charge in [0, 0.05) is 9.61 Å². The van der Waals surface area contributed by atoms with E-state index in [9.17, 15) is 0 Å². The molecule has 0 aliphatic rings. The zero-order valence-electron chi connectivity index (χ0n) is 12.0. The summed E-state index contributed by atoms with van der Waals surface area (Å²) in [5, 5.41) is 0. The zero-order valence-corrected chi connectivity index (χ0v) is 14.1. The molecule has 3 nitrogen and oxygen atoms in total. The van der Waals surface area contributed by atoms with Gasteiger partial charge in [-0.3, -0.25) is 0 Å². The van der Waals surface area contributed by atoms with Crippen LogP contribution in [0.3, 0.4) is 0 Å². The summed E-state index contributed by atoms with van der Waals surface area (Å²) in [5.41, 5.74) is 9.58. The van der Waals surface area contributed by atoms with E-state index in [2.05, 4.69) is 87.6 Å². The molecule has 3 rings (SSSR count). The highest BCUT2D eigenvalue weighted by atomic mass is 127. The Kier molecular flexibility index (Phi) is 4.14. The fourth-order valence-electron chi connectivity index (χ4n) is 2.70. The Balaban J connectivity index is 1.84. The summed E-state index contributed by atoms with van der Waals surface area (Å²) in [6, 6.07) is 17.2. The van der Waals surface area contributed by atoms with E-state index < -0.39 is 0 Å². The Morgan fingerprint density at radius 2 is 1.95 bits per heavy atom. The molecule has 2 aromatic carbocycles. The van der Waals surface area contributed by atoms with E-state index in [0.29, 0.717) is 12.0 Å². The quantitative estimate of drug-likeness (QED) is 0.670. The third-order valence-corrected chi connectivity index (χ3v) is 4.48. The molecule has 3 aromatic rings. The summed E-state index contributed by atoms with van der Waals surface area (Å²) in [6.45, 7) is 2.21. The fourth-order valence-corrected chi connectivity index (χ4v) is 3.18. The van der Waals surface area contributed by atoms with E-state index in [-0.39, 0.29) is 0 Å². The topological polar surface area (TPSA) is 43.8 Å². The number of halogens is 1. The van der Waals surface area contributed by atoms with Crippen LogP contribution in [0.1, 0.15) is 24.9 Å². The number of benzene rings is 2. The number of hydrogen-bond donors (Lipinski definition) is 1. The third kappa shape index (κ3) is 3.05. The van der Waals surface area contributed by atoms with Crippen molar-refractivity contribution in [3.8, 4) is 0 Å². The molecule has 0 radical (unpaired) electrons. The molecular weight excluding hydrogens is 373 g/mol. The van der Waals surface area contributed by atoms with Crippen LogP contribution in [-0.4, -0.2) is 9.55 Å². The molecule has 0 aliphatic heterocycles. The van der Waals surface area contributed by atoms with Crippen molar-refractivity contribution in [3.63, 3.8) is 0 Å². The Morgan fingerprint density at radius 3 is 2.71 bits per heavy atom. The molecule has 0 aliphatic carbocycles. The number of nitrogen functional groups attached to an aromatic ring is 1. The predicted octanol–water partition coefficient (Wildman–Crippen LogP) is 4.42. The molecule has 1 unspecified atom stereocenters. The van der Waals surface area contributed by atoms with Gasteiger partial charge in [0.15, 0.2) is 0 Å². The van der Waals surface area contributed by atoms with Gasteiger partial charge in [0.05, 0.1) is 11.0 Å². The first-order chi connectivity index (χ1) is 10.1. The predicted molar refractivity (Wildman–Crippen MR) is 96.3 cm³/mol. The minimum absolute atomic E-state index is 0.329. The largest absolute Gasteiger partial charge is 0.369 e. The molecule has 4 heteroatoms. The molecule has 0 saturated carbocycles. The SMILES string of the molecule is CC(CCc1ccccc1)n1c(N)nc2cc(I)ccc21. The first-order valence-electron chi connectivity index (χ1n) is 7.12. The number of nitrogens with zero attached hydrogens (tertiary/aromatic N) is 2. The summed E-state index contributed by atoms with van der Waals surface area (Å²) in [4.78, 5) is 4.49. The smallest absolute Gasteiger partial charge is 0.201 e. The van der Waals surface area contributed by atoms with Gasteiger partial charge < -0.3 is 10.3 Å². The Labute approximate surface area is 138 Å². The average Bonchev–Trinajstić information content (AvgIpc) is 2.81. The molecule has 0 saturated heterocycles. The van der Waals surface area contributed by atoms with Gasteiger partial charge in [-0.25, -0.2) is 4.98 Å². The van der Waals surface area contributed by atoms with Gasteiger partial charge >= 0.3 is 0 Å². The highest BCUT2D eigenvalue weighted by Gasteiger charge is 2.14. The van der Waals surface area contributed by atoms with Crippen LogP contribution in [0.25, 0.3) is 11.0 Å². The van der Waals surface area contributed by atoms with E-state index in [1.54, 1.807) is 0 Å². The van der Waals surface area contributed by atoms with E-state index in [1.807, 2.05) is 0 Å². The Morgan fingerprint density at radius 1 is 1.19 bits per heavy atom. The molecule has 108 valence electrons.